The lowest BCUT2D eigenvalue weighted by Gasteiger charge is -2.10. The zero-order chi connectivity index (χ0) is 14.0. The van der Waals surface area contributed by atoms with E-state index in [1.807, 2.05) is 0 Å². The predicted molar refractivity (Wildman–Crippen MR) is 61.2 cm³/mol. The standard InChI is InChI=1S/C11H5BrF4N2O/c12-6-4-17-10(18-5-6)19-7-1-2-9(13)8(3-7)11(14,15)16/h1-5H. The van der Waals surface area contributed by atoms with Crippen LogP contribution in [0.2, 0.25) is 0 Å². The fraction of sp³-hybridized carbons (Fsp3) is 0.0909. The summed E-state index contributed by atoms with van der Waals surface area (Å²) < 4.78 is 56.1. The van der Waals surface area contributed by atoms with E-state index in [4.69, 9.17) is 4.74 Å². The van der Waals surface area contributed by atoms with Crippen LogP contribution in [-0.2, 0) is 6.18 Å². The van der Waals surface area contributed by atoms with Crippen LogP contribution in [0, 0.1) is 5.82 Å². The van der Waals surface area contributed by atoms with Gasteiger partial charge in [-0.2, -0.15) is 13.2 Å². The van der Waals surface area contributed by atoms with Crippen molar-refractivity contribution in [3.05, 3.63) is 46.4 Å². The van der Waals surface area contributed by atoms with Crippen molar-refractivity contribution in [3.63, 3.8) is 0 Å². The van der Waals surface area contributed by atoms with E-state index >= 15 is 0 Å². The van der Waals surface area contributed by atoms with Gasteiger partial charge in [-0.1, -0.05) is 0 Å². The molecule has 8 heteroatoms. The summed E-state index contributed by atoms with van der Waals surface area (Å²) in [7, 11) is 0. The van der Waals surface area contributed by atoms with Crippen LogP contribution in [0.5, 0.6) is 11.8 Å². The average Bonchev–Trinajstić information content (AvgIpc) is 2.33. The van der Waals surface area contributed by atoms with Crippen molar-refractivity contribution in [1.82, 2.24) is 9.97 Å². The van der Waals surface area contributed by atoms with Crippen LogP contribution in [0.3, 0.4) is 0 Å². The highest BCUT2D eigenvalue weighted by Gasteiger charge is 2.34. The topological polar surface area (TPSA) is 35.0 Å². The number of hydrogen-bond acceptors (Lipinski definition) is 3. The lowest BCUT2D eigenvalue weighted by Crippen LogP contribution is -2.08. The maximum atomic E-state index is 13.0. The molecule has 0 aliphatic carbocycles. The molecule has 0 aliphatic rings. The molecule has 0 aliphatic heterocycles. The fourth-order valence-electron chi connectivity index (χ4n) is 1.24. The van der Waals surface area contributed by atoms with Crippen LogP contribution < -0.4 is 4.74 Å². The molecule has 0 saturated heterocycles. The molecule has 0 N–H and O–H groups in total. The second kappa shape index (κ2) is 5.12. The fourth-order valence-corrected chi connectivity index (χ4v) is 1.45. The van der Waals surface area contributed by atoms with Crippen molar-refractivity contribution in [2.75, 3.05) is 0 Å². The maximum absolute atomic E-state index is 13.0. The highest BCUT2D eigenvalue weighted by molar-refractivity contribution is 9.10. The molecular formula is C11H5BrF4N2O. The van der Waals surface area contributed by atoms with Gasteiger partial charge in [-0.25, -0.2) is 14.4 Å². The van der Waals surface area contributed by atoms with Crippen LogP contribution in [0.4, 0.5) is 17.6 Å². The lowest BCUT2D eigenvalue weighted by molar-refractivity contribution is -0.140. The van der Waals surface area contributed by atoms with Gasteiger partial charge >= 0.3 is 12.2 Å². The minimum absolute atomic E-state index is 0.136. The summed E-state index contributed by atoms with van der Waals surface area (Å²) in [5.41, 5.74) is -1.40. The number of ether oxygens (including phenoxy) is 1. The van der Waals surface area contributed by atoms with Crippen LogP contribution >= 0.6 is 15.9 Å². The molecule has 0 saturated carbocycles. The Kier molecular flexibility index (Phi) is 3.70. The van der Waals surface area contributed by atoms with Gasteiger partial charge in [0, 0.05) is 12.4 Å². The average molecular weight is 337 g/mol. The first-order chi connectivity index (χ1) is 8.86. The number of benzene rings is 1. The van der Waals surface area contributed by atoms with Crippen LogP contribution in [0.25, 0.3) is 0 Å². The number of nitrogens with zero attached hydrogens (tertiary/aromatic N) is 2. The largest absolute Gasteiger partial charge is 0.424 e. The van der Waals surface area contributed by atoms with Crippen molar-refractivity contribution < 1.29 is 22.3 Å². The van der Waals surface area contributed by atoms with Crippen LogP contribution in [-0.4, -0.2) is 9.97 Å². The Morgan fingerprint density at radius 1 is 1.11 bits per heavy atom. The molecule has 0 atom stereocenters. The number of aromatic nitrogens is 2. The van der Waals surface area contributed by atoms with Gasteiger partial charge in [-0.3, -0.25) is 0 Å². The Hall–Kier alpha value is -1.70. The molecule has 1 aromatic heterocycles. The Morgan fingerprint density at radius 2 is 1.74 bits per heavy atom. The van der Waals surface area contributed by atoms with Crippen molar-refractivity contribution in [1.29, 1.82) is 0 Å². The van der Waals surface area contributed by atoms with Crippen molar-refractivity contribution in [2.24, 2.45) is 0 Å². The SMILES string of the molecule is Fc1ccc(Oc2ncc(Br)cn2)cc1C(F)(F)F. The van der Waals surface area contributed by atoms with Gasteiger partial charge in [0.1, 0.15) is 11.6 Å². The van der Waals surface area contributed by atoms with E-state index in [-0.39, 0.29) is 11.8 Å². The summed E-state index contributed by atoms with van der Waals surface area (Å²) in [6.45, 7) is 0. The Bertz CT molecular complexity index is 586. The molecule has 1 aromatic carbocycles. The third kappa shape index (κ3) is 3.40. The first-order valence-electron chi connectivity index (χ1n) is 4.88. The second-order valence-electron chi connectivity index (χ2n) is 3.43. The molecule has 3 nitrogen and oxygen atoms in total. The van der Waals surface area contributed by atoms with Crippen LogP contribution in [0.1, 0.15) is 5.56 Å². The third-order valence-electron chi connectivity index (χ3n) is 2.05. The van der Waals surface area contributed by atoms with E-state index in [1.165, 1.54) is 12.4 Å². The monoisotopic (exact) mass is 336 g/mol. The molecule has 2 rings (SSSR count). The van der Waals surface area contributed by atoms with E-state index in [0.717, 1.165) is 6.07 Å². The van der Waals surface area contributed by atoms with Gasteiger partial charge in [-0.15, -0.1) is 0 Å². The van der Waals surface area contributed by atoms with Gasteiger partial charge in [0.05, 0.1) is 10.0 Å². The van der Waals surface area contributed by atoms with E-state index in [9.17, 15) is 17.6 Å². The van der Waals surface area contributed by atoms with Crippen LogP contribution in [0.15, 0.2) is 35.1 Å². The zero-order valence-electron chi connectivity index (χ0n) is 9.08. The molecule has 1 heterocycles. The minimum atomic E-state index is -4.79. The smallest absolute Gasteiger partial charge is 0.419 e. The summed E-state index contributed by atoms with van der Waals surface area (Å²) in [6, 6.07) is 2.16. The Morgan fingerprint density at radius 3 is 2.32 bits per heavy atom. The Balaban J connectivity index is 2.29. The highest BCUT2D eigenvalue weighted by atomic mass is 79.9. The summed E-state index contributed by atoms with van der Waals surface area (Å²) in [4.78, 5) is 7.47. The molecule has 0 spiro atoms. The van der Waals surface area contributed by atoms with E-state index in [2.05, 4.69) is 25.9 Å². The first-order valence-corrected chi connectivity index (χ1v) is 5.68. The minimum Gasteiger partial charge on any atom is -0.424 e. The molecule has 0 fully saturated rings. The molecule has 100 valence electrons. The number of halogens is 5. The zero-order valence-corrected chi connectivity index (χ0v) is 10.7. The molecule has 2 aromatic rings. The number of alkyl halides is 3. The molecule has 0 unspecified atom stereocenters. The molecule has 0 radical (unpaired) electrons. The third-order valence-corrected chi connectivity index (χ3v) is 2.46. The molecular weight excluding hydrogens is 332 g/mol. The number of hydrogen-bond donors (Lipinski definition) is 0. The van der Waals surface area contributed by atoms with Gasteiger partial charge in [0.25, 0.3) is 0 Å². The summed E-state index contributed by atoms with van der Waals surface area (Å²) in [5, 5.41) is 0. The molecule has 0 amide bonds. The maximum Gasteiger partial charge on any atom is 0.419 e. The summed E-state index contributed by atoms with van der Waals surface area (Å²) in [6.07, 6.45) is -2.04. The van der Waals surface area contributed by atoms with Crippen molar-refractivity contribution in [2.45, 2.75) is 6.18 Å². The van der Waals surface area contributed by atoms with Gasteiger partial charge in [0.15, 0.2) is 0 Å². The first kappa shape index (κ1) is 13.7. The van der Waals surface area contributed by atoms with Gasteiger partial charge in [-0.05, 0) is 34.1 Å². The Labute approximate surface area is 113 Å². The highest BCUT2D eigenvalue weighted by Crippen LogP contribution is 2.34. The van der Waals surface area contributed by atoms with Gasteiger partial charge < -0.3 is 4.74 Å². The summed E-state index contributed by atoms with van der Waals surface area (Å²) in [5.74, 6) is -1.56. The lowest BCUT2D eigenvalue weighted by atomic mass is 10.2. The van der Waals surface area contributed by atoms with Crippen molar-refractivity contribution in [3.8, 4) is 11.8 Å². The van der Waals surface area contributed by atoms with Gasteiger partial charge in [0.2, 0.25) is 0 Å². The summed E-state index contributed by atoms with van der Waals surface area (Å²) >= 11 is 3.10. The molecule has 0 bridgehead atoms. The predicted octanol–water partition coefficient (Wildman–Crippen LogP) is 4.19. The van der Waals surface area contributed by atoms with E-state index in [0.29, 0.717) is 16.6 Å². The van der Waals surface area contributed by atoms with E-state index in [1.54, 1.807) is 0 Å². The second-order valence-corrected chi connectivity index (χ2v) is 4.34. The normalized spacial score (nSPS) is 11.4. The molecule has 19 heavy (non-hydrogen) atoms. The number of rotatable bonds is 2. The van der Waals surface area contributed by atoms with E-state index < -0.39 is 17.6 Å². The quantitative estimate of drug-likeness (QED) is 0.771. The van der Waals surface area contributed by atoms with Crippen molar-refractivity contribution >= 4 is 15.9 Å².